The maximum Gasteiger partial charge on any atom is 0.126 e. The van der Waals surface area contributed by atoms with Gasteiger partial charge in [0.05, 0.1) is 0 Å². The van der Waals surface area contributed by atoms with Gasteiger partial charge in [-0.2, -0.15) is 0 Å². The van der Waals surface area contributed by atoms with Crippen molar-refractivity contribution < 1.29 is 4.39 Å². The normalized spacial score (nSPS) is 16.9. The van der Waals surface area contributed by atoms with Gasteiger partial charge < -0.3 is 5.32 Å². The molecule has 0 atom stereocenters. The molecule has 0 aliphatic heterocycles. The van der Waals surface area contributed by atoms with E-state index in [0.29, 0.717) is 6.04 Å². The summed E-state index contributed by atoms with van der Waals surface area (Å²) in [6.07, 6.45) is 6.00. The molecular weight excluding hydrogens is 269 g/mol. The Hall–Kier alpha value is -0.410. The van der Waals surface area contributed by atoms with Crippen LogP contribution in [-0.2, 0) is 6.42 Å². The van der Waals surface area contributed by atoms with E-state index in [4.69, 9.17) is 0 Å². The van der Waals surface area contributed by atoms with Gasteiger partial charge in [-0.15, -0.1) is 0 Å². The molecule has 1 aliphatic carbocycles. The van der Waals surface area contributed by atoms with Crippen LogP contribution in [0.25, 0.3) is 0 Å². The van der Waals surface area contributed by atoms with Crippen LogP contribution >= 0.6 is 15.9 Å². The highest BCUT2D eigenvalue weighted by atomic mass is 79.9. The molecule has 0 unspecified atom stereocenters. The van der Waals surface area contributed by atoms with Gasteiger partial charge in [0.15, 0.2) is 0 Å². The molecule has 1 aliphatic rings. The van der Waals surface area contributed by atoms with Gasteiger partial charge in [-0.25, -0.2) is 4.39 Å². The Kier molecular flexibility index (Phi) is 4.36. The van der Waals surface area contributed by atoms with Crippen LogP contribution in [0, 0.1) is 5.82 Å². The van der Waals surface area contributed by atoms with Crippen molar-refractivity contribution in [2.45, 2.75) is 38.1 Å². The highest BCUT2D eigenvalue weighted by Crippen LogP contribution is 2.18. The molecular formula is C13H17BrFN. The summed E-state index contributed by atoms with van der Waals surface area (Å²) in [5.74, 6) is -0.101. The lowest BCUT2D eigenvalue weighted by atomic mass is 10.1. The molecule has 1 N–H and O–H groups in total. The Morgan fingerprint density at radius 2 is 2.06 bits per heavy atom. The maximum atomic E-state index is 13.4. The molecule has 1 saturated carbocycles. The van der Waals surface area contributed by atoms with E-state index in [-0.39, 0.29) is 5.82 Å². The Labute approximate surface area is 105 Å². The van der Waals surface area contributed by atoms with E-state index in [2.05, 4.69) is 21.2 Å². The van der Waals surface area contributed by atoms with Crippen LogP contribution < -0.4 is 5.32 Å². The van der Waals surface area contributed by atoms with E-state index in [1.807, 2.05) is 6.07 Å². The number of halogens is 2. The largest absolute Gasteiger partial charge is 0.314 e. The topological polar surface area (TPSA) is 12.0 Å². The van der Waals surface area contributed by atoms with E-state index < -0.39 is 0 Å². The van der Waals surface area contributed by atoms with Gasteiger partial charge in [-0.05, 0) is 49.6 Å². The monoisotopic (exact) mass is 285 g/mol. The highest BCUT2D eigenvalue weighted by Gasteiger charge is 2.13. The number of hydrogen-bond donors (Lipinski definition) is 1. The molecule has 16 heavy (non-hydrogen) atoms. The lowest BCUT2D eigenvalue weighted by Crippen LogP contribution is -2.28. The molecule has 1 aromatic rings. The molecule has 1 aromatic carbocycles. The second-order valence-corrected chi connectivity index (χ2v) is 5.34. The van der Waals surface area contributed by atoms with Gasteiger partial charge in [0.1, 0.15) is 5.82 Å². The van der Waals surface area contributed by atoms with E-state index in [1.165, 1.54) is 31.7 Å². The van der Waals surface area contributed by atoms with Gasteiger partial charge >= 0.3 is 0 Å². The van der Waals surface area contributed by atoms with Crippen molar-refractivity contribution in [2.24, 2.45) is 0 Å². The van der Waals surface area contributed by atoms with Crippen LogP contribution in [0.4, 0.5) is 4.39 Å². The average Bonchev–Trinajstić information content (AvgIpc) is 2.76. The fraction of sp³-hybridized carbons (Fsp3) is 0.538. The standard InChI is InChI=1S/C13H17BrFN/c14-11-5-6-13(15)10(9-11)7-8-16-12-3-1-2-4-12/h5-6,9,12,16H,1-4,7-8H2. The average molecular weight is 286 g/mol. The van der Waals surface area contributed by atoms with Crippen LogP contribution in [0.5, 0.6) is 0 Å². The molecule has 0 spiro atoms. The first-order valence-corrected chi connectivity index (χ1v) is 6.72. The molecule has 3 heteroatoms. The molecule has 0 saturated heterocycles. The van der Waals surface area contributed by atoms with Crippen molar-refractivity contribution >= 4 is 15.9 Å². The Morgan fingerprint density at radius 1 is 1.31 bits per heavy atom. The van der Waals surface area contributed by atoms with Crippen LogP contribution in [0.2, 0.25) is 0 Å². The lowest BCUT2D eigenvalue weighted by Gasteiger charge is -2.11. The second-order valence-electron chi connectivity index (χ2n) is 4.42. The summed E-state index contributed by atoms with van der Waals surface area (Å²) in [5.41, 5.74) is 0.792. The summed E-state index contributed by atoms with van der Waals surface area (Å²) < 4.78 is 14.4. The fourth-order valence-corrected chi connectivity index (χ4v) is 2.68. The third kappa shape index (κ3) is 3.29. The molecule has 88 valence electrons. The first kappa shape index (κ1) is 12.1. The summed E-state index contributed by atoms with van der Waals surface area (Å²) in [7, 11) is 0. The number of nitrogens with one attached hydrogen (secondary N) is 1. The van der Waals surface area contributed by atoms with Crippen LogP contribution in [0.15, 0.2) is 22.7 Å². The lowest BCUT2D eigenvalue weighted by molar-refractivity contribution is 0.520. The SMILES string of the molecule is Fc1ccc(Br)cc1CCNC1CCCC1. The third-order valence-corrected chi connectivity index (χ3v) is 3.68. The van der Waals surface area contributed by atoms with E-state index >= 15 is 0 Å². The molecule has 2 rings (SSSR count). The number of benzene rings is 1. The smallest absolute Gasteiger partial charge is 0.126 e. The van der Waals surface area contributed by atoms with Crippen molar-refractivity contribution in [2.75, 3.05) is 6.54 Å². The Bertz CT molecular complexity index is 348. The Balaban J connectivity index is 1.82. The van der Waals surface area contributed by atoms with E-state index in [1.54, 1.807) is 6.07 Å². The highest BCUT2D eigenvalue weighted by molar-refractivity contribution is 9.10. The number of rotatable bonds is 4. The van der Waals surface area contributed by atoms with Gasteiger partial charge in [-0.3, -0.25) is 0 Å². The zero-order valence-electron chi connectivity index (χ0n) is 9.31. The molecule has 0 heterocycles. The second kappa shape index (κ2) is 5.78. The van der Waals surface area contributed by atoms with Crippen LogP contribution in [-0.4, -0.2) is 12.6 Å². The molecule has 0 bridgehead atoms. The van der Waals surface area contributed by atoms with Crippen molar-refractivity contribution in [3.8, 4) is 0 Å². The fourth-order valence-electron chi connectivity index (χ4n) is 2.28. The van der Waals surface area contributed by atoms with Gasteiger partial charge in [-0.1, -0.05) is 28.8 Å². The quantitative estimate of drug-likeness (QED) is 0.890. The molecule has 0 amide bonds. The summed E-state index contributed by atoms with van der Waals surface area (Å²) in [4.78, 5) is 0. The third-order valence-electron chi connectivity index (χ3n) is 3.19. The summed E-state index contributed by atoms with van der Waals surface area (Å²) in [6.45, 7) is 0.873. The van der Waals surface area contributed by atoms with Crippen LogP contribution in [0.3, 0.4) is 0 Å². The summed E-state index contributed by atoms with van der Waals surface area (Å²) in [6, 6.07) is 5.79. The van der Waals surface area contributed by atoms with Crippen molar-refractivity contribution in [1.29, 1.82) is 0 Å². The van der Waals surface area contributed by atoms with Gasteiger partial charge in [0, 0.05) is 10.5 Å². The Morgan fingerprint density at radius 3 is 2.81 bits per heavy atom. The predicted octanol–water partition coefficient (Wildman–Crippen LogP) is 3.66. The summed E-state index contributed by atoms with van der Waals surface area (Å²) >= 11 is 3.37. The molecule has 0 radical (unpaired) electrons. The first-order valence-electron chi connectivity index (χ1n) is 5.93. The minimum Gasteiger partial charge on any atom is -0.314 e. The first-order chi connectivity index (χ1) is 7.75. The van der Waals surface area contributed by atoms with Crippen molar-refractivity contribution in [3.63, 3.8) is 0 Å². The predicted molar refractivity (Wildman–Crippen MR) is 68.1 cm³/mol. The van der Waals surface area contributed by atoms with Gasteiger partial charge in [0.2, 0.25) is 0 Å². The van der Waals surface area contributed by atoms with E-state index in [0.717, 1.165) is 23.0 Å². The minimum absolute atomic E-state index is 0.101. The zero-order chi connectivity index (χ0) is 11.4. The summed E-state index contributed by atoms with van der Waals surface area (Å²) in [5, 5.41) is 3.49. The molecule has 1 fully saturated rings. The van der Waals surface area contributed by atoms with Crippen molar-refractivity contribution in [3.05, 3.63) is 34.1 Å². The molecule has 1 nitrogen and oxygen atoms in total. The number of hydrogen-bond acceptors (Lipinski definition) is 1. The molecule has 0 aromatic heterocycles. The van der Waals surface area contributed by atoms with E-state index in [9.17, 15) is 4.39 Å². The maximum absolute atomic E-state index is 13.4. The zero-order valence-corrected chi connectivity index (χ0v) is 10.9. The van der Waals surface area contributed by atoms with Crippen LogP contribution in [0.1, 0.15) is 31.2 Å². The van der Waals surface area contributed by atoms with Crippen molar-refractivity contribution in [1.82, 2.24) is 5.32 Å². The van der Waals surface area contributed by atoms with Gasteiger partial charge in [0.25, 0.3) is 0 Å². The minimum atomic E-state index is -0.101.